The molecule has 0 spiro atoms. The number of amides is 2. The first-order valence-corrected chi connectivity index (χ1v) is 9.60. The van der Waals surface area contributed by atoms with Crippen LogP contribution < -0.4 is 15.4 Å². The lowest BCUT2D eigenvalue weighted by molar-refractivity contribution is -0.125. The van der Waals surface area contributed by atoms with E-state index in [4.69, 9.17) is 4.74 Å². The lowest BCUT2D eigenvalue weighted by Crippen LogP contribution is -2.27. The predicted molar refractivity (Wildman–Crippen MR) is 110 cm³/mol. The smallest absolute Gasteiger partial charge is 0.228 e. The number of para-hydroxylation sites is 1. The highest BCUT2D eigenvalue weighted by Crippen LogP contribution is 2.39. The molecule has 0 aliphatic heterocycles. The third-order valence-electron chi connectivity index (χ3n) is 5.13. The number of benzene rings is 2. The minimum Gasteiger partial charge on any atom is -0.496 e. The second-order valence-corrected chi connectivity index (χ2v) is 8.29. The largest absolute Gasteiger partial charge is 0.496 e. The Morgan fingerprint density at radius 3 is 2.29 bits per heavy atom. The van der Waals surface area contributed by atoms with E-state index in [2.05, 4.69) is 31.4 Å². The van der Waals surface area contributed by atoms with Gasteiger partial charge in [-0.3, -0.25) is 9.59 Å². The number of carbonyl (C=O) groups is 2. The molecule has 148 valence electrons. The van der Waals surface area contributed by atoms with Crippen molar-refractivity contribution in [3.8, 4) is 5.75 Å². The van der Waals surface area contributed by atoms with Crippen LogP contribution in [0.2, 0.25) is 0 Å². The summed E-state index contributed by atoms with van der Waals surface area (Å²) in [6, 6.07) is 15.5. The summed E-state index contributed by atoms with van der Waals surface area (Å²) in [6.45, 7) is 6.85. The highest BCUT2D eigenvalue weighted by Gasteiger charge is 2.47. The Kier molecular flexibility index (Phi) is 5.73. The van der Waals surface area contributed by atoms with Gasteiger partial charge in [0.2, 0.25) is 11.8 Å². The van der Waals surface area contributed by atoms with Gasteiger partial charge in [-0.15, -0.1) is 0 Å². The van der Waals surface area contributed by atoms with Gasteiger partial charge in [-0.2, -0.15) is 0 Å². The molecule has 2 aromatic rings. The Hall–Kier alpha value is -2.82. The maximum absolute atomic E-state index is 12.4. The Morgan fingerprint density at radius 2 is 1.64 bits per heavy atom. The second-order valence-electron chi connectivity index (χ2n) is 8.29. The summed E-state index contributed by atoms with van der Waals surface area (Å²) in [6.07, 6.45) is 0.587. The van der Waals surface area contributed by atoms with Gasteiger partial charge in [-0.05, 0) is 35.6 Å². The van der Waals surface area contributed by atoms with Crippen molar-refractivity contribution >= 4 is 17.5 Å². The predicted octanol–water partition coefficient (Wildman–Crippen LogP) is 3.88. The van der Waals surface area contributed by atoms with Crippen molar-refractivity contribution in [1.82, 2.24) is 5.32 Å². The van der Waals surface area contributed by atoms with Gasteiger partial charge in [0.25, 0.3) is 0 Å². The van der Waals surface area contributed by atoms with Crippen LogP contribution in [0.3, 0.4) is 0 Å². The SMILES string of the molecule is COc1ccccc1CNC(=O)C1CC1C(=O)Nc1ccc(C(C)(C)C)cc1. The van der Waals surface area contributed by atoms with Crippen LogP contribution in [0.5, 0.6) is 5.75 Å². The first-order valence-electron chi connectivity index (χ1n) is 9.60. The maximum Gasteiger partial charge on any atom is 0.228 e. The molecule has 0 heterocycles. The lowest BCUT2D eigenvalue weighted by Gasteiger charge is -2.19. The first kappa shape index (κ1) is 19.9. The minimum absolute atomic E-state index is 0.0731. The van der Waals surface area contributed by atoms with E-state index < -0.39 is 0 Å². The van der Waals surface area contributed by atoms with Crippen LogP contribution in [0.15, 0.2) is 48.5 Å². The third kappa shape index (κ3) is 4.71. The number of methoxy groups -OCH3 is 1. The molecular weight excluding hydrogens is 352 g/mol. The number of hydrogen-bond acceptors (Lipinski definition) is 3. The van der Waals surface area contributed by atoms with Gasteiger partial charge < -0.3 is 15.4 Å². The normalized spacial score (nSPS) is 18.3. The summed E-state index contributed by atoms with van der Waals surface area (Å²) in [4.78, 5) is 24.8. The molecule has 2 aromatic carbocycles. The van der Waals surface area contributed by atoms with Gasteiger partial charge >= 0.3 is 0 Å². The quantitative estimate of drug-likeness (QED) is 0.799. The van der Waals surface area contributed by atoms with Gasteiger partial charge in [0, 0.05) is 17.8 Å². The van der Waals surface area contributed by atoms with Crippen molar-refractivity contribution in [2.24, 2.45) is 11.8 Å². The third-order valence-corrected chi connectivity index (χ3v) is 5.13. The van der Waals surface area contributed by atoms with Gasteiger partial charge in [-0.1, -0.05) is 51.1 Å². The second kappa shape index (κ2) is 8.05. The van der Waals surface area contributed by atoms with E-state index in [-0.39, 0.29) is 29.1 Å². The summed E-state index contributed by atoms with van der Waals surface area (Å²) >= 11 is 0. The molecule has 1 saturated carbocycles. The van der Waals surface area contributed by atoms with Crippen molar-refractivity contribution in [2.75, 3.05) is 12.4 Å². The Morgan fingerprint density at radius 1 is 1.00 bits per heavy atom. The first-order chi connectivity index (χ1) is 13.3. The van der Waals surface area contributed by atoms with Crippen LogP contribution in [0.1, 0.15) is 38.3 Å². The molecular formula is C23H28N2O3. The maximum atomic E-state index is 12.4. The number of hydrogen-bond donors (Lipinski definition) is 2. The molecule has 28 heavy (non-hydrogen) atoms. The molecule has 1 aliphatic rings. The summed E-state index contributed by atoms with van der Waals surface area (Å²) in [5, 5.41) is 5.83. The van der Waals surface area contributed by atoms with Crippen molar-refractivity contribution in [1.29, 1.82) is 0 Å². The van der Waals surface area contributed by atoms with Crippen molar-refractivity contribution < 1.29 is 14.3 Å². The molecule has 1 aliphatic carbocycles. The number of anilines is 1. The van der Waals surface area contributed by atoms with Crippen molar-refractivity contribution in [2.45, 2.75) is 39.2 Å². The highest BCUT2D eigenvalue weighted by atomic mass is 16.5. The zero-order chi connectivity index (χ0) is 20.3. The van der Waals surface area contributed by atoms with E-state index in [0.717, 1.165) is 17.0 Å². The van der Waals surface area contributed by atoms with Crippen LogP contribution in [0.4, 0.5) is 5.69 Å². The molecule has 2 unspecified atom stereocenters. The Labute approximate surface area is 166 Å². The molecule has 3 rings (SSSR count). The molecule has 5 heteroatoms. The summed E-state index contributed by atoms with van der Waals surface area (Å²) in [5.41, 5.74) is 2.96. The van der Waals surface area contributed by atoms with E-state index >= 15 is 0 Å². The number of carbonyl (C=O) groups excluding carboxylic acids is 2. The van der Waals surface area contributed by atoms with Gasteiger partial charge in [-0.25, -0.2) is 0 Å². The van der Waals surface area contributed by atoms with Gasteiger partial charge in [0.05, 0.1) is 18.9 Å². The fraction of sp³-hybridized carbons (Fsp3) is 0.391. The average Bonchev–Trinajstić information content (AvgIpc) is 3.47. The van der Waals surface area contributed by atoms with Crippen LogP contribution in [0.25, 0.3) is 0 Å². The summed E-state index contributed by atoms with van der Waals surface area (Å²) in [7, 11) is 1.61. The van der Waals surface area contributed by atoms with E-state index in [9.17, 15) is 9.59 Å². The molecule has 1 fully saturated rings. The van der Waals surface area contributed by atoms with Gasteiger partial charge in [0.15, 0.2) is 0 Å². The van der Waals surface area contributed by atoms with E-state index in [1.54, 1.807) is 7.11 Å². The number of rotatable bonds is 6. The van der Waals surface area contributed by atoms with Crippen LogP contribution in [-0.4, -0.2) is 18.9 Å². The average molecular weight is 380 g/mol. The van der Waals surface area contributed by atoms with Gasteiger partial charge in [0.1, 0.15) is 5.75 Å². The number of nitrogens with one attached hydrogen (secondary N) is 2. The number of ether oxygens (including phenoxy) is 1. The molecule has 5 nitrogen and oxygen atoms in total. The monoisotopic (exact) mass is 380 g/mol. The molecule has 0 aromatic heterocycles. The zero-order valence-corrected chi connectivity index (χ0v) is 16.9. The minimum atomic E-state index is -0.264. The molecule has 2 amide bonds. The van der Waals surface area contributed by atoms with Crippen LogP contribution >= 0.6 is 0 Å². The standard InChI is InChI=1S/C23H28N2O3/c1-23(2,3)16-9-11-17(12-10-16)25-22(27)19-13-18(19)21(26)24-14-15-7-5-6-8-20(15)28-4/h5-12,18-19H,13-14H2,1-4H3,(H,24,26)(H,25,27). The van der Waals surface area contributed by atoms with E-state index in [1.165, 1.54) is 5.56 Å². The highest BCUT2D eigenvalue weighted by molar-refractivity contribution is 5.99. The van der Waals surface area contributed by atoms with E-state index in [0.29, 0.717) is 13.0 Å². The Bertz CT molecular complexity index is 853. The topological polar surface area (TPSA) is 67.4 Å². The van der Waals surface area contributed by atoms with E-state index in [1.807, 2.05) is 48.5 Å². The molecule has 2 atom stereocenters. The van der Waals surface area contributed by atoms with Crippen LogP contribution in [-0.2, 0) is 21.5 Å². The van der Waals surface area contributed by atoms with Crippen molar-refractivity contribution in [3.63, 3.8) is 0 Å². The molecule has 0 bridgehead atoms. The fourth-order valence-electron chi connectivity index (χ4n) is 3.23. The molecule has 0 radical (unpaired) electrons. The summed E-state index contributed by atoms with van der Waals surface area (Å²) in [5.74, 6) is 0.0326. The fourth-order valence-corrected chi connectivity index (χ4v) is 3.23. The molecule has 0 saturated heterocycles. The zero-order valence-electron chi connectivity index (χ0n) is 16.9. The Balaban J connectivity index is 1.50. The van der Waals surface area contributed by atoms with Crippen LogP contribution in [0, 0.1) is 11.8 Å². The van der Waals surface area contributed by atoms with Crippen molar-refractivity contribution in [3.05, 3.63) is 59.7 Å². The summed E-state index contributed by atoms with van der Waals surface area (Å²) < 4.78 is 5.29. The lowest BCUT2D eigenvalue weighted by atomic mass is 9.87. The molecule has 2 N–H and O–H groups in total.